The van der Waals surface area contributed by atoms with E-state index in [2.05, 4.69) is 27.0 Å². The minimum atomic E-state index is -4.69. The number of carbonyl (C=O) groups is 3. The first-order valence-corrected chi connectivity index (χ1v) is 23.6. The molecule has 0 spiro atoms. The van der Waals surface area contributed by atoms with Crippen LogP contribution in [0.4, 0.5) is 11.4 Å². The third-order valence-corrected chi connectivity index (χ3v) is 13.5. The van der Waals surface area contributed by atoms with Gasteiger partial charge in [0.2, 0.25) is 17.5 Å². The first kappa shape index (κ1) is 46.4. The van der Waals surface area contributed by atoms with Crippen molar-refractivity contribution in [1.82, 2.24) is 10.6 Å². The summed E-state index contributed by atoms with van der Waals surface area (Å²) in [5.41, 5.74) is 3.52. The van der Waals surface area contributed by atoms with E-state index in [1.165, 1.54) is 24.3 Å². The van der Waals surface area contributed by atoms with Crippen molar-refractivity contribution >= 4 is 55.1 Å². The summed E-state index contributed by atoms with van der Waals surface area (Å²) in [5.74, 6) is -1.05. The zero-order valence-corrected chi connectivity index (χ0v) is 36.4. The Labute approximate surface area is 354 Å². The molecule has 0 aromatic heterocycles. The number of unbranched alkanes of at least 4 members (excludes halogenated alkanes) is 2. The fourth-order valence-corrected chi connectivity index (χ4v) is 9.58. The highest BCUT2D eigenvalue weighted by Gasteiger charge is 2.45. The van der Waals surface area contributed by atoms with Crippen LogP contribution in [0, 0.1) is 0 Å². The van der Waals surface area contributed by atoms with Crippen molar-refractivity contribution in [2.45, 2.75) is 125 Å². The lowest BCUT2D eigenvalue weighted by Gasteiger charge is -2.30. The van der Waals surface area contributed by atoms with Gasteiger partial charge in [0.15, 0.2) is 5.71 Å². The van der Waals surface area contributed by atoms with Crippen LogP contribution in [0.25, 0.3) is 0 Å². The number of carbonyl (C=O) groups excluding carboxylic acids is 2. The monoisotopic (exact) mass is 866 g/mol. The Hall–Kier alpha value is -4.64. The van der Waals surface area contributed by atoms with Gasteiger partial charge in [0.05, 0.1) is 15.2 Å². The van der Waals surface area contributed by atoms with E-state index in [9.17, 15) is 45.4 Å². The molecule has 0 aliphatic carbocycles. The van der Waals surface area contributed by atoms with Crippen molar-refractivity contribution in [3.63, 3.8) is 0 Å². The fourth-order valence-electron chi connectivity index (χ4n) is 8.58. The van der Waals surface area contributed by atoms with Crippen LogP contribution in [-0.2, 0) is 45.4 Å². The van der Waals surface area contributed by atoms with Gasteiger partial charge in [0.1, 0.15) is 16.7 Å². The second-order valence-electron chi connectivity index (χ2n) is 16.5. The number of aliphatic carboxylic acids is 1. The van der Waals surface area contributed by atoms with Gasteiger partial charge in [0.25, 0.3) is 10.1 Å². The lowest BCUT2D eigenvalue weighted by atomic mass is 9.77. The molecule has 1 unspecified atom stereocenters. The van der Waals surface area contributed by atoms with Gasteiger partial charge < -0.3 is 25.2 Å². The number of amides is 2. The molecule has 3 heterocycles. The fraction of sp³-hybridized carbons (Fsp3) is 0.500. The molecule has 0 saturated carbocycles. The molecule has 60 heavy (non-hydrogen) atoms. The highest BCUT2D eigenvalue weighted by atomic mass is 32.2. The number of anilines is 1. The molecule has 2 aromatic carbocycles. The second kappa shape index (κ2) is 19.8. The van der Waals surface area contributed by atoms with Crippen LogP contribution >= 0.6 is 0 Å². The topological polar surface area (TPSA) is 213 Å². The Morgan fingerprint density at radius 1 is 0.817 bits per heavy atom. The van der Waals surface area contributed by atoms with Crippen molar-refractivity contribution in [1.29, 1.82) is 0 Å². The maximum absolute atomic E-state index is 12.6. The van der Waals surface area contributed by atoms with E-state index in [4.69, 9.17) is 0 Å². The standard InChI is InChI=1S/C44H58N4O10S2/c1-43(2)34-30-32(59(53,54)55)21-23-36(34)47-28-14-6-11-19-41(50)46-27-26-45-40(49)18-10-5-13-25-44(3)35-31-33(60(56,57)58)22-24-37(35)48(29-15-7-12-20-42(51)52)39(44)17-9-4-8-16-38(43)47/h4,8-9,16-17,21-24,30-31H,5-7,10-15,18-20,25-29H2,1-3H3,(H4-,45,46,49,50,51,52,53,54,55,56,57,58). The summed E-state index contributed by atoms with van der Waals surface area (Å²) in [6, 6.07) is 9.10. The number of hydrogen-bond acceptors (Lipinski definition) is 9. The van der Waals surface area contributed by atoms with E-state index >= 15 is 0 Å². The molecule has 0 saturated heterocycles. The molecule has 16 heteroatoms. The highest BCUT2D eigenvalue weighted by Crippen LogP contribution is 2.51. The molecule has 326 valence electrons. The lowest BCUT2D eigenvalue weighted by Crippen LogP contribution is -2.34. The van der Waals surface area contributed by atoms with Gasteiger partial charge in [-0.1, -0.05) is 37.5 Å². The van der Waals surface area contributed by atoms with Crippen molar-refractivity contribution in [2.75, 3.05) is 31.1 Å². The minimum absolute atomic E-state index is 0.0651. The molecule has 0 fully saturated rings. The molecule has 2 aromatic rings. The van der Waals surface area contributed by atoms with E-state index in [0.717, 1.165) is 47.6 Å². The summed E-state index contributed by atoms with van der Waals surface area (Å²) in [4.78, 5) is 38.0. The lowest BCUT2D eigenvalue weighted by molar-refractivity contribution is -0.438. The summed E-state index contributed by atoms with van der Waals surface area (Å²) in [7, 11) is -9.20. The molecule has 2 amide bonds. The van der Waals surface area contributed by atoms with E-state index in [0.29, 0.717) is 89.5 Å². The van der Waals surface area contributed by atoms with Crippen LogP contribution in [0.15, 0.2) is 82.3 Å². The average molecular weight is 867 g/mol. The molecule has 1 atom stereocenters. The summed E-state index contributed by atoms with van der Waals surface area (Å²) < 4.78 is 73.0. The van der Waals surface area contributed by atoms with Gasteiger partial charge in [0, 0.05) is 79.8 Å². The van der Waals surface area contributed by atoms with Gasteiger partial charge in [-0.3, -0.25) is 18.9 Å². The zero-order chi connectivity index (χ0) is 43.7. The molecular weight excluding hydrogens is 809 g/mol. The van der Waals surface area contributed by atoms with Gasteiger partial charge >= 0.3 is 5.97 Å². The Morgan fingerprint density at radius 3 is 2.12 bits per heavy atom. The third-order valence-electron chi connectivity index (χ3n) is 11.8. The van der Waals surface area contributed by atoms with Crippen molar-refractivity contribution in [3.05, 3.63) is 83.6 Å². The van der Waals surface area contributed by atoms with E-state index < -0.39 is 37.0 Å². The molecule has 14 nitrogen and oxygen atoms in total. The Balaban J connectivity index is 1.53. The predicted octanol–water partition coefficient (Wildman–Crippen LogP) is 6.39. The Kier molecular flexibility index (Phi) is 15.3. The van der Waals surface area contributed by atoms with Crippen LogP contribution in [0.5, 0.6) is 0 Å². The molecule has 3 aliphatic rings. The first-order valence-electron chi connectivity index (χ1n) is 20.8. The number of carboxylic acid groups (broad SMARTS) is 1. The molecule has 0 bridgehead atoms. The van der Waals surface area contributed by atoms with Crippen molar-refractivity contribution in [3.8, 4) is 0 Å². The molecule has 0 radical (unpaired) electrons. The van der Waals surface area contributed by atoms with E-state index in [-0.39, 0.29) is 28.0 Å². The number of rotatable bonds is 8. The van der Waals surface area contributed by atoms with E-state index in [1.54, 1.807) is 12.1 Å². The normalized spacial score (nSPS) is 23.0. The maximum Gasteiger partial charge on any atom is 0.303 e. The SMILES string of the molecule is CC1(C)C2=[N+](CCCCCC(=O)NCCNC(=O)CCCCCC3(C)/C(=C/C=C/C=C/2)N(CCCCCC(=O)O)c2ccc(S(=O)(=O)O)cc23)c2ccc(S(=O)(=O)[O-])cc21. The molecule has 3 aliphatic heterocycles. The summed E-state index contributed by atoms with van der Waals surface area (Å²) in [6.07, 6.45) is 17.1. The number of fused-ring (bicyclic) bond motifs is 5. The smallest absolute Gasteiger partial charge is 0.303 e. The van der Waals surface area contributed by atoms with Crippen LogP contribution < -0.4 is 15.5 Å². The highest BCUT2D eigenvalue weighted by molar-refractivity contribution is 7.86. The predicted molar refractivity (Wildman–Crippen MR) is 228 cm³/mol. The summed E-state index contributed by atoms with van der Waals surface area (Å²) >= 11 is 0. The Morgan fingerprint density at radius 2 is 1.47 bits per heavy atom. The maximum atomic E-state index is 12.6. The molecule has 5 rings (SSSR count). The first-order chi connectivity index (χ1) is 28.3. The number of carboxylic acids is 1. The zero-order valence-electron chi connectivity index (χ0n) is 34.7. The van der Waals surface area contributed by atoms with Crippen LogP contribution in [0.3, 0.4) is 0 Å². The largest absolute Gasteiger partial charge is 0.744 e. The average Bonchev–Trinajstić information content (AvgIpc) is 3.53. The van der Waals surface area contributed by atoms with Crippen molar-refractivity contribution in [2.24, 2.45) is 0 Å². The quantitative estimate of drug-likeness (QED) is 0.130. The van der Waals surface area contributed by atoms with Gasteiger partial charge in [-0.05, 0) is 101 Å². The number of nitrogens with zero attached hydrogens (tertiary/aromatic N) is 2. The summed E-state index contributed by atoms with van der Waals surface area (Å²) in [6.45, 7) is 7.79. The van der Waals surface area contributed by atoms with Gasteiger partial charge in [-0.25, -0.2) is 8.42 Å². The van der Waals surface area contributed by atoms with Crippen LogP contribution in [0.2, 0.25) is 0 Å². The second-order valence-corrected chi connectivity index (χ2v) is 19.3. The molecular formula is C44H58N4O10S2. The van der Waals surface area contributed by atoms with Gasteiger partial charge in [-0.15, -0.1) is 0 Å². The Bertz CT molecular complexity index is 2300. The number of allylic oxidation sites excluding steroid dienone is 6. The number of benzene rings is 2. The van der Waals surface area contributed by atoms with Gasteiger partial charge in [-0.2, -0.15) is 13.0 Å². The summed E-state index contributed by atoms with van der Waals surface area (Å²) in [5, 5.41) is 14.9. The molecule has 4 N–H and O–H groups in total. The third kappa shape index (κ3) is 11.4. The number of nitrogens with one attached hydrogen (secondary N) is 2. The van der Waals surface area contributed by atoms with Crippen LogP contribution in [0.1, 0.15) is 115 Å². The van der Waals surface area contributed by atoms with Crippen LogP contribution in [-0.4, -0.2) is 85.3 Å². The van der Waals surface area contributed by atoms with Crippen molar-refractivity contribution < 1.29 is 50.0 Å². The number of hydrogen-bond donors (Lipinski definition) is 4. The minimum Gasteiger partial charge on any atom is -0.744 e. The van der Waals surface area contributed by atoms with E-state index in [1.807, 2.05) is 44.2 Å².